The average molecular weight is 237 g/mol. The number of likely N-dealkylation sites (N-methyl/N-ethyl adjacent to an activating group) is 2. The molecule has 4 nitrogen and oxygen atoms in total. The quantitative estimate of drug-likeness (QED) is 0.712. The zero-order valence-electron chi connectivity index (χ0n) is 9.21. The van der Waals surface area contributed by atoms with Gasteiger partial charge in [-0.1, -0.05) is 0 Å². The summed E-state index contributed by atoms with van der Waals surface area (Å²) in [6.45, 7) is -1.19. The van der Waals surface area contributed by atoms with Crippen molar-refractivity contribution in [3.8, 4) is 6.07 Å². The summed E-state index contributed by atoms with van der Waals surface area (Å²) in [5.74, 6) is -0.429. The number of halogens is 3. The molecule has 0 aliphatic carbocycles. The topological polar surface area (TPSA) is 47.3 Å². The molecule has 0 fully saturated rings. The van der Waals surface area contributed by atoms with Crippen LogP contribution in [0.3, 0.4) is 0 Å². The van der Waals surface area contributed by atoms with Gasteiger partial charge in [0.15, 0.2) is 0 Å². The number of carbonyl (C=O) groups excluding carboxylic acids is 1. The minimum absolute atomic E-state index is 0.172. The number of hydrogen-bond donors (Lipinski definition) is 0. The van der Waals surface area contributed by atoms with Gasteiger partial charge in [0, 0.05) is 13.6 Å². The number of nitrogens with zero attached hydrogens (tertiary/aromatic N) is 3. The summed E-state index contributed by atoms with van der Waals surface area (Å²) in [5, 5.41) is 8.28. The third kappa shape index (κ3) is 7.06. The Morgan fingerprint density at radius 3 is 2.38 bits per heavy atom. The SMILES string of the molecule is CN(CC(=O)N(C)CCC#N)CC(F)(F)F. The number of hydrogen-bond acceptors (Lipinski definition) is 3. The summed E-state index contributed by atoms with van der Waals surface area (Å²) >= 11 is 0. The van der Waals surface area contributed by atoms with E-state index in [2.05, 4.69) is 0 Å². The fraction of sp³-hybridized carbons (Fsp3) is 0.778. The molecule has 0 aliphatic heterocycles. The van der Waals surface area contributed by atoms with E-state index in [1.165, 1.54) is 19.0 Å². The van der Waals surface area contributed by atoms with E-state index in [0.717, 1.165) is 4.90 Å². The Morgan fingerprint density at radius 2 is 1.94 bits per heavy atom. The Hall–Kier alpha value is -1.29. The van der Waals surface area contributed by atoms with Crippen LogP contribution in [0.2, 0.25) is 0 Å². The van der Waals surface area contributed by atoms with Crippen molar-refractivity contribution in [3.63, 3.8) is 0 Å². The van der Waals surface area contributed by atoms with Crippen molar-refractivity contribution in [1.29, 1.82) is 5.26 Å². The molecule has 16 heavy (non-hydrogen) atoms. The maximum absolute atomic E-state index is 12.0. The molecule has 0 rings (SSSR count). The van der Waals surface area contributed by atoms with Gasteiger partial charge in [-0.15, -0.1) is 0 Å². The normalized spacial score (nSPS) is 11.3. The van der Waals surface area contributed by atoms with Crippen molar-refractivity contribution in [2.24, 2.45) is 0 Å². The van der Waals surface area contributed by atoms with Crippen molar-refractivity contribution in [2.75, 3.05) is 33.7 Å². The van der Waals surface area contributed by atoms with E-state index in [0.29, 0.717) is 0 Å². The van der Waals surface area contributed by atoms with Crippen LogP contribution in [0.4, 0.5) is 13.2 Å². The van der Waals surface area contributed by atoms with Gasteiger partial charge in [-0.25, -0.2) is 0 Å². The van der Waals surface area contributed by atoms with Crippen LogP contribution in [-0.4, -0.2) is 55.6 Å². The summed E-state index contributed by atoms with van der Waals surface area (Å²) < 4.78 is 35.9. The molecule has 92 valence electrons. The molecule has 0 saturated carbocycles. The molecule has 0 unspecified atom stereocenters. The minimum atomic E-state index is -4.31. The molecular formula is C9H14F3N3O. The van der Waals surface area contributed by atoms with Crippen LogP contribution in [0.5, 0.6) is 0 Å². The number of rotatable bonds is 5. The Balaban J connectivity index is 4.00. The first-order chi connectivity index (χ1) is 7.26. The molecule has 0 aromatic carbocycles. The lowest BCUT2D eigenvalue weighted by Crippen LogP contribution is -2.40. The largest absolute Gasteiger partial charge is 0.401 e. The highest BCUT2D eigenvalue weighted by Gasteiger charge is 2.30. The third-order valence-corrected chi connectivity index (χ3v) is 1.84. The first kappa shape index (κ1) is 14.7. The molecule has 0 saturated heterocycles. The fourth-order valence-electron chi connectivity index (χ4n) is 1.06. The second-order valence-electron chi connectivity index (χ2n) is 3.51. The third-order valence-electron chi connectivity index (χ3n) is 1.84. The van der Waals surface area contributed by atoms with E-state index in [4.69, 9.17) is 5.26 Å². The average Bonchev–Trinajstić information content (AvgIpc) is 2.10. The molecule has 0 bridgehead atoms. The maximum Gasteiger partial charge on any atom is 0.401 e. The summed E-state index contributed by atoms with van der Waals surface area (Å²) in [7, 11) is 2.69. The van der Waals surface area contributed by atoms with Crippen LogP contribution >= 0.6 is 0 Å². The van der Waals surface area contributed by atoms with Gasteiger partial charge in [-0.3, -0.25) is 9.69 Å². The lowest BCUT2D eigenvalue weighted by Gasteiger charge is -2.21. The standard InChI is InChI=1S/C9H14F3N3O/c1-14(7-9(10,11)12)6-8(16)15(2)5-3-4-13/h3,5-7H2,1-2H3. The molecule has 0 aliphatic rings. The lowest BCUT2D eigenvalue weighted by atomic mass is 10.4. The summed E-state index contributed by atoms with van der Waals surface area (Å²) in [6.07, 6.45) is -4.13. The van der Waals surface area contributed by atoms with Crippen molar-refractivity contribution in [2.45, 2.75) is 12.6 Å². The van der Waals surface area contributed by atoms with Gasteiger partial charge in [0.2, 0.25) is 5.91 Å². The smallest absolute Gasteiger partial charge is 0.344 e. The van der Waals surface area contributed by atoms with Crippen molar-refractivity contribution in [3.05, 3.63) is 0 Å². The van der Waals surface area contributed by atoms with Crippen LogP contribution < -0.4 is 0 Å². The molecule has 1 amide bonds. The van der Waals surface area contributed by atoms with Gasteiger partial charge >= 0.3 is 6.18 Å². The first-order valence-corrected chi connectivity index (χ1v) is 4.62. The van der Waals surface area contributed by atoms with Crippen molar-refractivity contribution in [1.82, 2.24) is 9.80 Å². The highest BCUT2D eigenvalue weighted by molar-refractivity contribution is 5.77. The maximum atomic E-state index is 12.0. The van der Waals surface area contributed by atoms with E-state index in [1.807, 2.05) is 6.07 Å². The second-order valence-corrected chi connectivity index (χ2v) is 3.51. The first-order valence-electron chi connectivity index (χ1n) is 4.62. The Morgan fingerprint density at radius 1 is 1.38 bits per heavy atom. The molecule has 0 atom stereocenters. The zero-order chi connectivity index (χ0) is 12.8. The molecular weight excluding hydrogens is 223 g/mol. The molecule has 0 aromatic heterocycles. The predicted octanol–water partition coefficient (Wildman–Crippen LogP) is 0.853. The number of alkyl halides is 3. The van der Waals surface area contributed by atoms with Crippen molar-refractivity contribution < 1.29 is 18.0 Å². The molecule has 0 aromatic rings. The second kappa shape index (κ2) is 6.33. The van der Waals surface area contributed by atoms with Gasteiger partial charge in [0.25, 0.3) is 0 Å². The van der Waals surface area contributed by atoms with Crippen LogP contribution in [0, 0.1) is 11.3 Å². The summed E-state index contributed by atoms with van der Waals surface area (Å²) in [4.78, 5) is 13.5. The van der Waals surface area contributed by atoms with Crippen LogP contribution in [0.15, 0.2) is 0 Å². The van der Waals surface area contributed by atoms with E-state index >= 15 is 0 Å². The van der Waals surface area contributed by atoms with E-state index < -0.39 is 18.6 Å². The van der Waals surface area contributed by atoms with Crippen LogP contribution in [0.1, 0.15) is 6.42 Å². The van der Waals surface area contributed by atoms with Gasteiger partial charge in [-0.2, -0.15) is 18.4 Å². The van der Waals surface area contributed by atoms with Gasteiger partial charge in [0.1, 0.15) is 0 Å². The molecule has 0 spiro atoms. The highest BCUT2D eigenvalue weighted by atomic mass is 19.4. The van der Waals surface area contributed by atoms with Crippen molar-refractivity contribution >= 4 is 5.91 Å². The molecule has 0 N–H and O–H groups in total. The zero-order valence-corrected chi connectivity index (χ0v) is 9.21. The predicted molar refractivity (Wildman–Crippen MR) is 51.4 cm³/mol. The Kier molecular flexibility index (Phi) is 5.82. The Bertz CT molecular complexity index is 272. The molecule has 0 radical (unpaired) electrons. The highest BCUT2D eigenvalue weighted by Crippen LogP contribution is 2.15. The Labute approximate surface area is 92.2 Å². The minimum Gasteiger partial charge on any atom is -0.344 e. The van der Waals surface area contributed by atoms with Gasteiger partial charge < -0.3 is 4.90 Å². The van der Waals surface area contributed by atoms with Crippen LogP contribution in [0.25, 0.3) is 0 Å². The summed E-state index contributed by atoms with van der Waals surface area (Å²) in [5.41, 5.74) is 0. The van der Waals surface area contributed by atoms with E-state index in [1.54, 1.807) is 0 Å². The lowest BCUT2D eigenvalue weighted by molar-refractivity contribution is -0.148. The van der Waals surface area contributed by atoms with Crippen LogP contribution in [-0.2, 0) is 4.79 Å². The van der Waals surface area contributed by atoms with E-state index in [9.17, 15) is 18.0 Å². The number of nitriles is 1. The molecule has 7 heteroatoms. The fourth-order valence-corrected chi connectivity index (χ4v) is 1.06. The van der Waals surface area contributed by atoms with Gasteiger partial charge in [0.05, 0.1) is 25.6 Å². The monoisotopic (exact) mass is 237 g/mol. The van der Waals surface area contributed by atoms with E-state index in [-0.39, 0.29) is 19.5 Å². The molecule has 0 heterocycles. The van der Waals surface area contributed by atoms with Gasteiger partial charge in [-0.05, 0) is 7.05 Å². The number of amides is 1. The summed E-state index contributed by atoms with van der Waals surface area (Å²) in [6, 6.07) is 1.86. The number of carbonyl (C=O) groups is 1.